The summed E-state index contributed by atoms with van der Waals surface area (Å²) in [5.41, 5.74) is 8.03. The highest BCUT2D eigenvalue weighted by Gasteiger charge is 2.16. The van der Waals surface area contributed by atoms with Crippen LogP contribution in [-0.4, -0.2) is 25.2 Å². The highest BCUT2D eigenvalue weighted by Crippen LogP contribution is 2.37. The van der Waals surface area contributed by atoms with Crippen LogP contribution in [0.15, 0.2) is 18.3 Å². The Balaban J connectivity index is 2.68. The summed E-state index contributed by atoms with van der Waals surface area (Å²) in [5, 5.41) is 1.14. The van der Waals surface area contributed by atoms with Crippen LogP contribution in [0.3, 0.4) is 0 Å². The predicted molar refractivity (Wildman–Crippen MR) is 68.8 cm³/mol. The van der Waals surface area contributed by atoms with E-state index >= 15 is 0 Å². The third kappa shape index (κ3) is 2.08. The van der Waals surface area contributed by atoms with Crippen LogP contribution in [0.25, 0.3) is 10.9 Å². The molecule has 92 valence electrons. The smallest absolute Gasteiger partial charge is 0.164 e. The Labute approximate surface area is 101 Å². The summed E-state index contributed by atoms with van der Waals surface area (Å²) in [5.74, 6) is 1.51. The molecular formula is C13H18N2O2. The second-order valence-corrected chi connectivity index (χ2v) is 4.21. The van der Waals surface area contributed by atoms with E-state index in [1.54, 1.807) is 14.2 Å². The van der Waals surface area contributed by atoms with Crippen molar-refractivity contribution in [3.63, 3.8) is 0 Å². The number of methoxy groups -OCH3 is 2. The van der Waals surface area contributed by atoms with Gasteiger partial charge in [0, 0.05) is 34.8 Å². The van der Waals surface area contributed by atoms with Crippen LogP contribution in [0.4, 0.5) is 0 Å². The summed E-state index contributed by atoms with van der Waals surface area (Å²) >= 11 is 0. The Morgan fingerprint density at radius 2 is 2.12 bits per heavy atom. The fourth-order valence-corrected chi connectivity index (χ4v) is 2.13. The Kier molecular flexibility index (Phi) is 3.24. The molecule has 17 heavy (non-hydrogen) atoms. The van der Waals surface area contributed by atoms with Gasteiger partial charge in [-0.2, -0.15) is 0 Å². The number of ether oxygens (including phenoxy) is 2. The van der Waals surface area contributed by atoms with Gasteiger partial charge in [0.2, 0.25) is 0 Å². The van der Waals surface area contributed by atoms with E-state index < -0.39 is 0 Å². The van der Waals surface area contributed by atoms with Crippen LogP contribution < -0.4 is 15.2 Å². The van der Waals surface area contributed by atoms with Crippen LogP contribution in [0.2, 0.25) is 0 Å². The van der Waals surface area contributed by atoms with Crippen molar-refractivity contribution in [1.29, 1.82) is 0 Å². The van der Waals surface area contributed by atoms with Crippen molar-refractivity contribution < 1.29 is 9.47 Å². The first-order chi connectivity index (χ1) is 8.17. The molecule has 2 rings (SSSR count). The van der Waals surface area contributed by atoms with E-state index in [2.05, 4.69) is 4.98 Å². The molecule has 0 saturated heterocycles. The number of hydrogen-bond acceptors (Lipinski definition) is 3. The number of nitrogens with one attached hydrogen (secondary N) is 1. The van der Waals surface area contributed by atoms with Crippen molar-refractivity contribution in [2.45, 2.75) is 19.4 Å². The molecule has 0 saturated carbocycles. The summed E-state index contributed by atoms with van der Waals surface area (Å²) in [6.07, 6.45) is 2.67. The number of aromatic nitrogens is 1. The van der Waals surface area contributed by atoms with Crippen molar-refractivity contribution in [3.8, 4) is 11.5 Å². The number of rotatable bonds is 4. The van der Waals surface area contributed by atoms with Gasteiger partial charge in [0.15, 0.2) is 11.5 Å². The monoisotopic (exact) mass is 234 g/mol. The highest BCUT2D eigenvalue weighted by atomic mass is 16.5. The number of benzene rings is 1. The molecular weight excluding hydrogens is 216 g/mol. The van der Waals surface area contributed by atoms with Crippen molar-refractivity contribution >= 4 is 10.9 Å². The molecule has 0 spiro atoms. The van der Waals surface area contributed by atoms with Crippen LogP contribution >= 0.6 is 0 Å². The minimum Gasteiger partial charge on any atom is -0.493 e. The van der Waals surface area contributed by atoms with Crippen LogP contribution in [0.5, 0.6) is 11.5 Å². The summed E-state index contributed by atoms with van der Waals surface area (Å²) in [4.78, 5) is 3.18. The normalized spacial score (nSPS) is 12.7. The molecule has 0 aliphatic rings. The second-order valence-electron chi connectivity index (χ2n) is 4.21. The van der Waals surface area contributed by atoms with Gasteiger partial charge in [-0.3, -0.25) is 0 Å². The molecule has 4 nitrogen and oxygen atoms in total. The number of nitrogens with two attached hydrogens (primary N) is 1. The number of H-pyrrole nitrogens is 1. The zero-order valence-electron chi connectivity index (χ0n) is 10.4. The largest absolute Gasteiger partial charge is 0.493 e. The lowest BCUT2D eigenvalue weighted by atomic mass is 10.0. The summed E-state index contributed by atoms with van der Waals surface area (Å²) in [7, 11) is 3.29. The van der Waals surface area contributed by atoms with Gasteiger partial charge in [0.1, 0.15) is 0 Å². The molecule has 1 atom stereocenters. The Morgan fingerprint density at radius 1 is 1.35 bits per heavy atom. The van der Waals surface area contributed by atoms with Crippen molar-refractivity contribution in [3.05, 3.63) is 23.9 Å². The lowest BCUT2D eigenvalue weighted by Crippen LogP contribution is -2.18. The number of aromatic amines is 1. The van der Waals surface area contributed by atoms with Gasteiger partial charge in [-0.1, -0.05) is 0 Å². The average Bonchev–Trinajstić information content (AvgIpc) is 2.75. The predicted octanol–water partition coefficient (Wildman–Crippen LogP) is 2.07. The Morgan fingerprint density at radius 3 is 2.71 bits per heavy atom. The number of fused-ring (bicyclic) bond motifs is 1. The lowest BCUT2D eigenvalue weighted by molar-refractivity contribution is 0.352. The molecule has 0 bridgehead atoms. The Hall–Kier alpha value is -1.68. The topological polar surface area (TPSA) is 60.3 Å². The van der Waals surface area contributed by atoms with Gasteiger partial charge in [-0.25, -0.2) is 0 Å². The maximum absolute atomic E-state index is 5.89. The van der Waals surface area contributed by atoms with E-state index in [9.17, 15) is 0 Å². The van der Waals surface area contributed by atoms with Crippen molar-refractivity contribution in [1.82, 2.24) is 4.98 Å². The standard InChI is InChI=1S/C13H18N2O2/c1-8(14)6-10-9-4-5-15-11(9)7-12(16-2)13(10)17-3/h4-5,7-8,15H,6,14H2,1-3H3. The average molecular weight is 234 g/mol. The van der Waals surface area contributed by atoms with E-state index in [0.717, 1.165) is 34.4 Å². The van der Waals surface area contributed by atoms with Crippen LogP contribution in [-0.2, 0) is 6.42 Å². The third-order valence-electron chi connectivity index (χ3n) is 2.83. The first kappa shape index (κ1) is 11.8. The van der Waals surface area contributed by atoms with Gasteiger partial charge in [0.05, 0.1) is 14.2 Å². The molecule has 1 aromatic carbocycles. The van der Waals surface area contributed by atoms with Gasteiger partial charge >= 0.3 is 0 Å². The summed E-state index contributed by atoms with van der Waals surface area (Å²) in [6.45, 7) is 1.98. The molecule has 0 aliphatic carbocycles. The van der Waals surface area contributed by atoms with E-state index in [4.69, 9.17) is 15.2 Å². The molecule has 0 amide bonds. The van der Waals surface area contributed by atoms with Crippen LogP contribution in [0.1, 0.15) is 12.5 Å². The first-order valence-electron chi connectivity index (χ1n) is 5.64. The van der Waals surface area contributed by atoms with E-state index in [1.165, 1.54) is 0 Å². The maximum Gasteiger partial charge on any atom is 0.164 e. The van der Waals surface area contributed by atoms with Crippen molar-refractivity contribution in [2.75, 3.05) is 14.2 Å². The molecule has 2 aromatic rings. The second kappa shape index (κ2) is 4.67. The molecule has 1 unspecified atom stereocenters. The first-order valence-corrected chi connectivity index (χ1v) is 5.64. The van der Waals surface area contributed by atoms with Crippen LogP contribution in [0, 0.1) is 0 Å². The molecule has 0 aliphatic heterocycles. The molecule has 4 heteroatoms. The fraction of sp³-hybridized carbons (Fsp3) is 0.385. The zero-order valence-corrected chi connectivity index (χ0v) is 10.4. The lowest BCUT2D eigenvalue weighted by Gasteiger charge is -2.15. The Bertz CT molecular complexity index is 517. The molecule has 3 N–H and O–H groups in total. The quantitative estimate of drug-likeness (QED) is 0.851. The fourth-order valence-electron chi connectivity index (χ4n) is 2.13. The van der Waals surface area contributed by atoms with Gasteiger partial charge in [0.25, 0.3) is 0 Å². The van der Waals surface area contributed by atoms with Gasteiger partial charge in [-0.15, -0.1) is 0 Å². The van der Waals surface area contributed by atoms with E-state index in [1.807, 2.05) is 25.3 Å². The third-order valence-corrected chi connectivity index (χ3v) is 2.83. The van der Waals surface area contributed by atoms with E-state index in [0.29, 0.717) is 0 Å². The van der Waals surface area contributed by atoms with Gasteiger partial charge in [-0.05, 0) is 19.4 Å². The minimum atomic E-state index is 0.0779. The molecule has 1 heterocycles. The maximum atomic E-state index is 5.89. The zero-order chi connectivity index (χ0) is 12.4. The van der Waals surface area contributed by atoms with Crippen molar-refractivity contribution in [2.24, 2.45) is 5.73 Å². The van der Waals surface area contributed by atoms with E-state index in [-0.39, 0.29) is 6.04 Å². The minimum absolute atomic E-state index is 0.0779. The summed E-state index contributed by atoms with van der Waals surface area (Å²) < 4.78 is 10.8. The van der Waals surface area contributed by atoms with Gasteiger partial charge < -0.3 is 20.2 Å². The molecule has 0 radical (unpaired) electrons. The molecule has 0 fully saturated rings. The SMILES string of the molecule is COc1cc2[nH]ccc2c(CC(C)N)c1OC. The molecule has 1 aromatic heterocycles. The highest BCUT2D eigenvalue weighted by molar-refractivity contribution is 5.87. The number of hydrogen-bond donors (Lipinski definition) is 2. The summed E-state index contributed by atoms with van der Waals surface area (Å²) in [6, 6.07) is 4.06.